The average Bonchev–Trinajstić information content (AvgIpc) is 2.63. The lowest BCUT2D eigenvalue weighted by Crippen LogP contribution is -2.33. The number of hydrogen-bond donors (Lipinski definition) is 3. The third-order valence-electron chi connectivity index (χ3n) is 2.94. The van der Waals surface area contributed by atoms with Gasteiger partial charge in [0.1, 0.15) is 6.23 Å². The molecule has 1 heterocycles. The van der Waals surface area contributed by atoms with E-state index in [0.29, 0.717) is 13.1 Å². The number of nitrogens with one attached hydrogen (secondary N) is 1. The van der Waals surface area contributed by atoms with Crippen molar-refractivity contribution in [2.75, 3.05) is 18.8 Å². The maximum atomic E-state index is 11.0. The third-order valence-corrected chi connectivity index (χ3v) is 4.05. The lowest BCUT2D eigenvalue weighted by molar-refractivity contribution is -0.115. The third kappa shape index (κ3) is 9.78. The first kappa shape index (κ1) is 19.3. The van der Waals surface area contributed by atoms with Gasteiger partial charge >= 0.3 is 0 Å². The normalized spacial score (nSPS) is 21.6. The Bertz CT molecular complexity index is 498. The van der Waals surface area contributed by atoms with Crippen LogP contribution in [0, 0.1) is 0 Å². The Kier molecular flexibility index (Phi) is 9.86. The van der Waals surface area contributed by atoms with Gasteiger partial charge in [-0.15, -0.1) is 11.8 Å². The molecule has 0 saturated heterocycles. The molecular weight excluding hydrogens is 310 g/mol. The van der Waals surface area contributed by atoms with E-state index in [-0.39, 0.29) is 11.7 Å². The van der Waals surface area contributed by atoms with Crippen LogP contribution in [0.15, 0.2) is 60.3 Å². The van der Waals surface area contributed by atoms with Crippen molar-refractivity contribution in [3.63, 3.8) is 0 Å². The molecule has 1 amide bonds. The van der Waals surface area contributed by atoms with Crippen LogP contribution in [0.1, 0.15) is 12.8 Å². The molecule has 1 aliphatic heterocycles. The second-order valence-electron chi connectivity index (χ2n) is 4.92. The summed E-state index contributed by atoms with van der Waals surface area (Å²) >= 11 is 1.48. The lowest BCUT2D eigenvalue weighted by atomic mass is 10.3. The van der Waals surface area contributed by atoms with E-state index in [1.54, 1.807) is 18.2 Å². The molecule has 0 bridgehead atoms. The van der Waals surface area contributed by atoms with Gasteiger partial charge in [0.15, 0.2) is 0 Å². The van der Waals surface area contributed by atoms with E-state index in [4.69, 9.17) is 5.73 Å². The van der Waals surface area contributed by atoms with Crippen molar-refractivity contribution in [1.82, 2.24) is 10.2 Å². The summed E-state index contributed by atoms with van der Waals surface area (Å²) in [6.45, 7) is 4.87. The van der Waals surface area contributed by atoms with Gasteiger partial charge in [0.25, 0.3) is 0 Å². The van der Waals surface area contributed by atoms with Crippen LogP contribution < -0.4 is 11.1 Å². The monoisotopic (exact) mass is 335 g/mol. The largest absolute Gasteiger partial charge is 0.375 e. The van der Waals surface area contributed by atoms with Crippen molar-refractivity contribution in [1.29, 1.82) is 0 Å². The van der Waals surface area contributed by atoms with E-state index in [9.17, 15) is 9.90 Å². The van der Waals surface area contributed by atoms with E-state index in [1.807, 2.05) is 29.5 Å². The van der Waals surface area contributed by atoms with Crippen LogP contribution in [0.4, 0.5) is 0 Å². The number of aliphatic hydroxyl groups excluding tert-OH is 1. The van der Waals surface area contributed by atoms with Gasteiger partial charge in [-0.2, -0.15) is 0 Å². The Hall–Kier alpha value is -1.76. The Balaban J connectivity index is 2.57. The number of amides is 1. The predicted molar refractivity (Wildman–Crippen MR) is 97.3 cm³/mol. The highest BCUT2D eigenvalue weighted by Gasteiger charge is 2.06. The first-order valence-electron chi connectivity index (χ1n) is 7.53. The van der Waals surface area contributed by atoms with Crippen molar-refractivity contribution in [2.45, 2.75) is 19.1 Å². The summed E-state index contributed by atoms with van der Waals surface area (Å²) in [5.41, 5.74) is 5.22. The molecule has 1 unspecified atom stereocenters. The molecular formula is C17H25N3O2S. The first-order chi connectivity index (χ1) is 11.1. The molecule has 5 nitrogen and oxygen atoms in total. The number of hydrogen-bond acceptors (Lipinski definition) is 5. The number of primary amides is 1. The quantitative estimate of drug-likeness (QED) is 0.443. The molecule has 0 radical (unpaired) electrons. The fourth-order valence-electron chi connectivity index (χ4n) is 1.86. The molecule has 23 heavy (non-hydrogen) atoms. The number of aliphatic hydroxyl groups is 1. The topological polar surface area (TPSA) is 78.6 Å². The van der Waals surface area contributed by atoms with Gasteiger partial charge < -0.3 is 15.7 Å². The zero-order valence-electron chi connectivity index (χ0n) is 13.2. The standard InChI is InChI=1S/C17H25N3O2S/c1-2-3-9-17(22)19-10-12-20-11-7-5-4-6-8-15(13-20)23-14-16(18)21/h2-5,7,9,11,13,17,19,22H,1,6,8,10,12,14H2,(H2,18,21)/b5-4-,9-3+,11-7+,15-13+. The lowest BCUT2D eigenvalue weighted by Gasteiger charge is -2.19. The van der Waals surface area contributed by atoms with Gasteiger partial charge in [0.05, 0.1) is 5.75 Å². The van der Waals surface area contributed by atoms with Crippen LogP contribution in [-0.4, -0.2) is 41.0 Å². The maximum Gasteiger partial charge on any atom is 0.227 e. The fourth-order valence-corrected chi connectivity index (χ4v) is 2.66. The highest BCUT2D eigenvalue weighted by molar-refractivity contribution is 8.03. The van der Waals surface area contributed by atoms with Gasteiger partial charge in [-0.05, 0) is 25.0 Å². The molecule has 0 fully saturated rings. The maximum absolute atomic E-state index is 11.0. The Morgan fingerprint density at radius 3 is 3.13 bits per heavy atom. The molecule has 1 aliphatic rings. The van der Waals surface area contributed by atoms with Crippen LogP contribution in [0.2, 0.25) is 0 Å². The van der Waals surface area contributed by atoms with Crippen molar-refractivity contribution < 1.29 is 9.90 Å². The number of rotatable bonds is 9. The van der Waals surface area contributed by atoms with E-state index < -0.39 is 6.23 Å². The molecule has 0 spiro atoms. The zero-order chi connectivity index (χ0) is 16.9. The summed E-state index contributed by atoms with van der Waals surface area (Å²) in [7, 11) is 0. The SMILES string of the molecule is C=C/C=C/C(O)NCCN1/C=C/C=C\CC/C(SCC(N)=O)=C\1. The summed E-state index contributed by atoms with van der Waals surface area (Å²) in [6, 6.07) is 0. The van der Waals surface area contributed by atoms with E-state index in [1.165, 1.54) is 11.8 Å². The summed E-state index contributed by atoms with van der Waals surface area (Å²) < 4.78 is 0. The number of allylic oxidation sites excluding steroid dienone is 6. The molecule has 0 aromatic rings. The van der Waals surface area contributed by atoms with Crippen LogP contribution in [0.3, 0.4) is 0 Å². The fraction of sp³-hybridized carbons (Fsp3) is 0.353. The van der Waals surface area contributed by atoms with Crippen molar-refractivity contribution >= 4 is 17.7 Å². The smallest absolute Gasteiger partial charge is 0.227 e. The minimum atomic E-state index is -0.693. The molecule has 0 aromatic heterocycles. The first-order valence-corrected chi connectivity index (χ1v) is 8.52. The number of carbonyl (C=O) groups is 1. The van der Waals surface area contributed by atoms with Crippen molar-refractivity contribution in [3.05, 3.63) is 60.3 Å². The molecule has 0 aromatic carbocycles. The van der Waals surface area contributed by atoms with Crippen LogP contribution >= 0.6 is 11.8 Å². The van der Waals surface area contributed by atoms with Gasteiger partial charge in [0, 0.05) is 30.4 Å². The van der Waals surface area contributed by atoms with E-state index >= 15 is 0 Å². The Morgan fingerprint density at radius 1 is 1.57 bits per heavy atom. The number of thioether (sulfide) groups is 1. The minimum absolute atomic E-state index is 0.288. The Morgan fingerprint density at radius 2 is 2.39 bits per heavy atom. The highest BCUT2D eigenvalue weighted by Crippen LogP contribution is 2.22. The molecule has 1 atom stereocenters. The van der Waals surface area contributed by atoms with Crippen LogP contribution in [-0.2, 0) is 4.79 Å². The second-order valence-corrected chi connectivity index (χ2v) is 6.02. The Labute approximate surface area is 142 Å². The predicted octanol–water partition coefficient (Wildman–Crippen LogP) is 1.86. The summed E-state index contributed by atoms with van der Waals surface area (Å²) in [5, 5.41) is 12.7. The molecule has 1 rings (SSSR count). The van der Waals surface area contributed by atoms with Crippen molar-refractivity contribution in [3.8, 4) is 0 Å². The summed E-state index contributed by atoms with van der Waals surface area (Å²) in [5.74, 6) is -0.0247. The summed E-state index contributed by atoms with van der Waals surface area (Å²) in [6.07, 6.45) is 16.2. The molecule has 0 saturated carbocycles. The number of carbonyl (C=O) groups excluding carboxylic acids is 1. The van der Waals surface area contributed by atoms with Gasteiger partial charge in [-0.1, -0.05) is 30.9 Å². The number of nitrogens with zero attached hydrogens (tertiary/aromatic N) is 1. The highest BCUT2D eigenvalue weighted by atomic mass is 32.2. The van der Waals surface area contributed by atoms with E-state index in [0.717, 1.165) is 17.7 Å². The van der Waals surface area contributed by atoms with Crippen molar-refractivity contribution in [2.24, 2.45) is 5.73 Å². The number of nitrogens with two attached hydrogens (primary N) is 1. The minimum Gasteiger partial charge on any atom is -0.375 e. The van der Waals surface area contributed by atoms with E-state index in [2.05, 4.69) is 18.0 Å². The second kappa shape index (κ2) is 11.8. The molecule has 126 valence electrons. The average molecular weight is 335 g/mol. The van der Waals surface area contributed by atoms with Crippen LogP contribution in [0.5, 0.6) is 0 Å². The zero-order valence-corrected chi connectivity index (χ0v) is 14.0. The van der Waals surface area contributed by atoms with Gasteiger partial charge in [-0.25, -0.2) is 0 Å². The summed E-state index contributed by atoms with van der Waals surface area (Å²) in [4.78, 5) is 14.1. The van der Waals surface area contributed by atoms with Gasteiger partial charge in [0.2, 0.25) is 5.91 Å². The molecule has 6 heteroatoms. The molecule has 4 N–H and O–H groups in total. The van der Waals surface area contributed by atoms with Crippen LogP contribution in [0.25, 0.3) is 0 Å². The van der Waals surface area contributed by atoms with Gasteiger partial charge in [-0.3, -0.25) is 10.1 Å². The molecule has 0 aliphatic carbocycles.